The fourth-order valence-electron chi connectivity index (χ4n) is 5.60. The summed E-state index contributed by atoms with van der Waals surface area (Å²) in [5.41, 5.74) is 2.59. The Morgan fingerprint density at radius 1 is 1.35 bits per heavy atom. The van der Waals surface area contributed by atoms with Crippen molar-refractivity contribution in [2.75, 3.05) is 0 Å². The van der Waals surface area contributed by atoms with Crippen molar-refractivity contribution in [1.82, 2.24) is 0 Å². The van der Waals surface area contributed by atoms with E-state index in [0.29, 0.717) is 29.3 Å². The number of phenols is 1. The van der Waals surface area contributed by atoms with Crippen LogP contribution in [-0.4, -0.2) is 10.9 Å². The molecule has 0 aliphatic heterocycles. The molecule has 3 aliphatic rings. The van der Waals surface area contributed by atoms with Crippen molar-refractivity contribution in [1.29, 1.82) is 0 Å². The second-order valence-electron chi connectivity index (χ2n) is 7.47. The van der Waals surface area contributed by atoms with E-state index in [1.165, 1.54) is 11.1 Å². The Morgan fingerprint density at radius 3 is 2.96 bits per heavy atom. The second-order valence-corrected chi connectivity index (χ2v) is 8.32. The van der Waals surface area contributed by atoms with Crippen LogP contribution in [0.4, 0.5) is 0 Å². The maximum Gasteiger partial charge on any atom is 0.161 e. The van der Waals surface area contributed by atoms with E-state index in [4.69, 9.17) is 0 Å². The summed E-state index contributed by atoms with van der Waals surface area (Å²) in [6.45, 7) is 2.19. The number of rotatable bonds is 1. The third kappa shape index (κ3) is 2.15. The van der Waals surface area contributed by atoms with Gasteiger partial charge in [-0.05, 0) is 102 Å². The number of hydrogen-bond acceptors (Lipinski definition) is 2. The molecule has 1 saturated carbocycles. The maximum atomic E-state index is 12.7. The number of aromatic hydroxyl groups is 1. The van der Waals surface area contributed by atoms with Crippen LogP contribution in [0.1, 0.15) is 56.1 Å². The summed E-state index contributed by atoms with van der Waals surface area (Å²) >= 11 is 3.48. The molecule has 1 fully saturated rings. The van der Waals surface area contributed by atoms with Gasteiger partial charge in [0.2, 0.25) is 0 Å². The van der Waals surface area contributed by atoms with Crippen LogP contribution in [0, 0.1) is 17.3 Å². The van der Waals surface area contributed by atoms with Crippen LogP contribution in [0.3, 0.4) is 0 Å². The van der Waals surface area contributed by atoms with Crippen molar-refractivity contribution < 1.29 is 9.90 Å². The number of benzene rings is 1. The van der Waals surface area contributed by atoms with E-state index in [1.807, 2.05) is 12.1 Å². The number of hydrogen-bond donors (Lipinski definition) is 1. The van der Waals surface area contributed by atoms with Crippen LogP contribution in [0.2, 0.25) is 0 Å². The van der Waals surface area contributed by atoms with Crippen molar-refractivity contribution in [2.45, 2.75) is 51.4 Å². The van der Waals surface area contributed by atoms with E-state index in [0.717, 1.165) is 43.0 Å². The minimum Gasteiger partial charge on any atom is -0.507 e. The van der Waals surface area contributed by atoms with Crippen LogP contribution in [0.15, 0.2) is 28.8 Å². The van der Waals surface area contributed by atoms with Crippen LogP contribution < -0.4 is 0 Å². The van der Waals surface area contributed by atoms with Gasteiger partial charge in [0.05, 0.1) is 4.47 Å². The molecule has 3 aliphatic carbocycles. The molecule has 0 amide bonds. The van der Waals surface area contributed by atoms with Crippen molar-refractivity contribution in [2.24, 2.45) is 17.3 Å². The van der Waals surface area contributed by atoms with Crippen molar-refractivity contribution >= 4 is 21.7 Å². The summed E-state index contributed by atoms with van der Waals surface area (Å²) < 4.78 is 0.795. The Hall–Kier alpha value is -1.09. The molecule has 4 atom stereocenters. The first-order chi connectivity index (χ1) is 11.1. The summed E-state index contributed by atoms with van der Waals surface area (Å²) in [5.74, 6) is 2.34. The van der Waals surface area contributed by atoms with Gasteiger partial charge in [-0.15, -0.1) is 0 Å². The van der Waals surface area contributed by atoms with Crippen molar-refractivity contribution in [3.8, 4) is 5.75 Å². The van der Waals surface area contributed by atoms with Crippen LogP contribution in [0.5, 0.6) is 5.75 Å². The predicted octanol–water partition coefficient (Wildman–Crippen LogP) is 5.14. The van der Waals surface area contributed by atoms with E-state index in [9.17, 15) is 9.90 Å². The smallest absolute Gasteiger partial charge is 0.161 e. The summed E-state index contributed by atoms with van der Waals surface area (Å²) in [4.78, 5) is 12.7. The molecule has 0 heterocycles. The van der Waals surface area contributed by atoms with Crippen LogP contribution in [0.25, 0.3) is 0 Å². The van der Waals surface area contributed by atoms with Crippen LogP contribution in [-0.2, 0) is 11.2 Å². The van der Waals surface area contributed by atoms with Gasteiger partial charge in [0.25, 0.3) is 0 Å². The number of carbonyl (C=O) groups is 1. The summed E-state index contributed by atoms with van der Waals surface area (Å²) in [7, 11) is 0. The first kappa shape index (κ1) is 15.4. The molecular weight excluding hydrogens is 352 g/mol. The van der Waals surface area contributed by atoms with Gasteiger partial charge >= 0.3 is 0 Å². The highest BCUT2D eigenvalue weighted by atomic mass is 79.9. The van der Waals surface area contributed by atoms with Gasteiger partial charge in [0, 0.05) is 5.41 Å². The van der Waals surface area contributed by atoms with Gasteiger partial charge in [-0.1, -0.05) is 13.0 Å². The first-order valence-corrected chi connectivity index (χ1v) is 9.58. The number of allylic oxidation sites excluding steroid dienone is 2. The zero-order valence-corrected chi connectivity index (χ0v) is 15.1. The standard InChI is InChI=1S/C20H23BrO2/c1-2-20-9-8-13-14(16(20)4-3-5-19(20)23)7-6-12-10-18(22)17(21)11-15(12)13/h3,5,10-11,13-14,16,22H,2,4,6-9H2,1H3/t13-,14+,16-,20-/m0/s1. The largest absolute Gasteiger partial charge is 0.507 e. The minimum atomic E-state index is -0.110. The highest BCUT2D eigenvalue weighted by Crippen LogP contribution is 2.59. The number of carbonyl (C=O) groups excluding carboxylic acids is 1. The molecule has 0 bridgehead atoms. The van der Waals surface area contributed by atoms with Gasteiger partial charge < -0.3 is 5.11 Å². The molecule has 4 rings (SSSR count). The van der Waals surface area contributed by atoms with E-state index in [1.54, 1.807) is 0 Å². The van der Waals surface area contributed by atoms with E-state index < -0.39 is 0 Å². The van der Waals surface area contributed by atoms with Crippen molar-refractivity contribution in [3.63, 3.8) is 0 Å². The molecule has 0 unspecified atom stereocenters. The average Bonchev–Trinajstić information content (AvgIpc) is 2.56. The quantitative estimate of drug-likeness (QED) is 0.738. The minimum absolute atomic E-state index is 0.110. The molecule has 122 valence electrons. The number of aryl methyl sites for hydroxylation is 1. The van der Waals surface area contributed by atoms with Gasteiger partial charge in [-0.3, -0.25) is 4.79 Å². The summed E-state index contributed by atoms with van der Waals surface area (Å²) in [6, 6.07) is 4.06. The molecule has 3 heteroatoms. The lowest BCUT2D eigenvalue weighted by Gasteiger charge is -2.53. The van der Waals surface area contributed by atoms with E-state index in [2.05, 4.69) is 35.0 Å². The van der Waals surface area contributed by atoms with Gasteiger partial charge in [0.1, 0.15) is 5.75 Å². The Bertz CT molecular complexity index is 693. The van der Waals surface area contributed by atoms with Gasteiger partial charge in [-0.2, -0.15) is 0 Å². The molecule has 0 saturated heterocycles. The number of ketones is 1. The van der Waals surface area contributed by atoms with Crippen LogP contribution >= 0.6 is 15.9 Å². The predicted molar refractivity (Wildman–Crippen MR) is 94.6 cm³/mol. The Morgan fingerprint density at radius 2 is 2.17 bits per heavy atom. The number of halogens is 1. The SMILES string of the molecule is CC[C@]12CC[C@@H]3c4cc(Br)c(O)cc4CC[C@H]3[C@@H]1CC=CC2=O. The molecule has 1 aromatic rings. The first-order valence-electron chi connectivity index (χ1n) is 8.79. The number of phenolic OH excluding ortho intramolecular Hbond substituents is 1. The van der Waals surface area contributed by atoms with Crippen molar-refractivity contribution in [3.05, 3.63) is 39.9 Å². The zero-order chi connectivity index (χ0) is 16.2. The fraction of sp³-hybridized carbons (Fsp3) is 0.550. The Kier molecular flexibility index (Phi) is 3.67. The highest BCUT2D eigenvalue weighted by Gasteiger charge is 2.53. The molecule has 0 radical (unpaired) electrons. The van der Waals surface area contributed by atoms with E-state index >= 15 is 0 Å². The molecule has 1 aromatic carbocycles. The molecule has 2 nitrogen and oxygen atoms in total. The third-order valence-electron chi connectivity index (χ3n) is 6.78. The third-order valence-corrected chi connectivity index (χ3v) is 7.42. The lowest BCUT2D eigenvalue weighted by atomic mass is 9.50. The average molecular weight is 375 g/mol. The van der Waals surface area contributed by atoms with Gasteiger partial charge in [-0.25, -0.2) is 0 Å². The molecule has 0 spiro atoms. The Labute approximate surface area is 146 Å². The molecular formula is C20H23BrO2. The second kappa shape index (κ2) is 5.47. The number of fused-ring (bicyclic) bond motifs is 5. The monoisotopic (exact) mass is 374 g/mol. The Balaban J connectivity index is 1.76. The van der Waals surface area contributed by atoms with E-state index in [-0.39, 0.29) is 5.41 Å². The fourth-order valence-corrected chi connectivity index (χ4v) is 5.96. The topological polar surface area (TPSA) is 37.3 Å². The van der Waals surface area contributed by atoms with Gasteiger partial charge in [0.15, 0.2) is 5.78 Å². The summed E-state index contributed by atoms with van der Waals surface area (Å²) in [6.07, 6.45) is 10.2. The maximum absolute atomic E-state index is 12.7. The lowest BCUT2D eigenvalue weighted by Crippen LogP contribution is -2.49. The highest BCUT2D eigenvalue weighted by molar-refractivity contribution is 9.10. The molecule has 0 aromatic heterocycles. The lowest BCUT2D eigenvalue weighted by molar-refractivity contribution is -0.133. The molecule has 23 heavy (non-hydrogen) atoms. The summed E-state index contributed by atoms with van der Waals surface area (Å²) in [5, 5.41) is 9.97. The normalized spacial score (nSPS) is 35.4. The molecule has 1 N–H and O–H groups in total. The zero-order valence-electron chi connectivity index (χ0n) is 13.5.